The lowest BCUT2D eigenvalue weighted by Crippen LogP contribution is -2.28. The fourth-order valence-electron chi connectivity index (χ4n) is 2.12. The van der Waals surface area contributed by atoms with Gasteiger partial charge in [0.25, 0.3) is 0 Å². The monoisotopic (exact) mass is 376 g/mol. The van der Waals surface area contributed by atoms with Gasteiger partial charge in [0.05, 0.1) is 19.3 Å². The highest BCUT2D eigenvalue weighted by Gasteiger charge is 2.11. The second-order valence-corrected chi connectivity index (χ2v) is 5.58. The number of hydrogen-bond donors (Lipinski definition) is 2. The minimum atomic E-state index is -0.743. The van der Waals surface area contributed by atoms with E-state index >= 15 is 0 Å². The largest absolute Gasteiger partial charge is 0.497 e. The summed E-state index contributed by atoms with van der Waals surface area (Å²) in [6.45, 7) is 0.144. The topological polar surface area (TPSA) is 72.2 Å². The molecule has 0 saturated carbocycles. The van der Waals surface area contributed by atoms with Gasteiger partial charge in [-0.25, -0.2) is 8.78 Å². The molecule has 0 saturated heterocycles. The van der Waals surface area contributed by atoms with E-state index in [-0.39, 0.29) is 17.3 Å². The Balaban J connectivity index is 1.60. The summed E-state index contributed by atoms with van der Waals surface area (Å²) in [5.41, 5.74) is 0.805. The van der Waals surface area contributed by atoms with Crippen LogP contribution in [0.15, 0.2) is 47.0 Å². The van der Waals surface area contributed by atoms with E-state index in [9.17, 15) is 8.78 Å². The molecule has 9 heteroatoms. The van der Waals surface area contributed by atoms with Gasteiger partial charge in [0.2, 0.25) is 11.7 Å². The minimum absolute atomic E-state index is 0.0616. The number of halogens is 2. The first-order valence-corrected chi connectivity index (χ1v) is 7.93. The Kier molecular flexibility index (Phi) is 5.37. The number of ether oxygens (including phenoxy) is 1. The third kappa shape index (κ3) is 4.31. The van der Waals surface area contributed by atoms with Crippen molar-refractivity contribution in [3.63, 3.8) is 0 Å². The van der Waals surface area contributed by atoms with Gasteiger partial charge in [-0.15, -0.1) is 0 Å². The smallest absolute Gasteiger partial charge is 0.246 e. The maximum Gasteiger partial charge on any atom is 0.246 e. The molecule has 0 unspecified atom stereocenters. The normalized spacial score (nSPS) is 10.4. The highest BCUT2D eigenvalue weighted by atomic mass is 32.1. The first-order chi connectivity index (χ1) is 12.5. The Morgan fingerprint density at radius 1 is 1.23 bits per heavy atom. The van der Waals surface area contributed by atoms with E-state index in [1.807, 2.05) is 18.2 Å². The molecular formula is C17H14F2N4O2S. The van der Waals surface area contributed by atoms with Gasteiger partial charge < -0.3 is 19.9 Å². The molecule has 0 amide bonds. The van der Waals surface area contributed by atoms with E-state index in [4.69, 9.17) is 21.5 Å². The lowest BCUT2D eigenvalue weighted by molar-refractivity contribution is 0.376. The van der Waals surface area contributed by atoms with Crippen LogP contribution in [0.1, 0.15) is 5.89 Å². The third-order valence-corrected chi connectivity index (χ3v) is 3.62. The van der Waals surface area contributed by atoms with Gasteiger partial charge in [-0.3, -0.25) is 0 Å². The molecule has 3 aromatic rings. The van der Waals surface area contributed by atoms with Crippen molar-refractivity contribution < 1.29 is 18.0 Å². The summed E-state index contributed by atoms with van der Waals surface area (Å²) in [7, 11) is 1.57. The Bertz CT molecular complexity index is 933. The van der Waals surface area contributed by atoms with Crippen LogP contribution in [0.25, 0.3) is 11.4 Å². The zero-order chi connectivity index (χ0) is 18.5. The predicted molar refractivity (Wildman–Crippen MR) is 95.7 cm³/mol. The third-order valence-electron chi connectivity index (χ3n) is 3.38. The number of benzene rings is 2. The highest BCUT2D eigenvalue weighted by Crippen LogP contribution is 2.21. The van der Waals surface area contributed by atoms with Crippen LogP contribution < -0.4 is 15.4 Å². The molecule has 3 rings (SSSR count). The molecule has 134 valence electrons. The molecule has 0 radical (unpaired) electrons. The van der Waals surface area contributed by atoms with E-state index < -0.39 is 11.6 Å². The average Bonchev–Trinajstić information content (AvgIpc) is 3.11. The van der Waals surface area contributed by atoms with Crippen molar-refractivity contribution in [2.75, 3.05) is 12.4 Å². The van der Waals surface area contributed by atoms with E-state index in [1.165, 1.54) is 6.07 Å². The summed E-state index contributed by atoms with van der Waals surface area (Å²) in [4.78, 5) is 4.26. The zero-order valence-corrected chi connectivity index (χ0v) is 14.4. The first-order valence-electron chi connectivity index (χ1n) is 7.52. The summed E-state index contributed by atoms with van der Waals surface area (Å²) in [5, 5.41) is 9.49. The Morgan fingerprint density at radius 3 is 2.85 bits per heavy atom. The molecule has 0 atom stereocenters. The summed E-state index contributed by atoms with van der Waals surface area (Å²) < 4.78 is 36.8. The molecule has 2 N–H and O–H groups in total. The molecule has 2 aromatic carbocycles. The molecule has 0 aliphatic carbocycles. The van der Waals surface area contributed by atoms with Crippen LogP contribution in [0.5, 0.6) is 5.75 Å². The fourth-order valence-corrected chi connectivity index (χ4v) is 2.30. The van der Waals surface area contributed by atoms with Gasteiger partial charge in [-0.2, -0.15) is 4.98 Å². The molecule has 26 heavy (non-hydrogen) atoms. The summed E-state index contributed by atoms with van der Waals surface area (Å²) in [6, 6.07) is 10.4. The molecule has 0 aliphatic heterocycles. The van der Waals surface area contributed by atoms with Crippen molar-refractivity contribution in [1.82, 2.24) is 15.5 Å². The molecule has 1 heterocycles. The predicted octanol–water partition coefficient (Wildman–Crippen LogP) is 3.51. The first kappa shape index (κ1) is 17.7. The number of nitrogens with one attached hydrogen (secondary N) is 2. The number of hydrogen-bond acceptors (Lipinski definition) is 5. The maximum atomic E-state index is 13.6. The molecule has 0 bridgehead atoms. The maximum absolute atomic E-state index is 13.6. The van der Waals surface area contributed by atoms with Gasteiger partial charge in [-0.1, -0.05) is 17.3 Å². The SMILES string of the molecule is COc1cccc(-c2noc(CNC(=S)Nc3ccc(F)cc3F)n2)c1. The Labute approximate surface area is 153 Å². The van der Waals surface area contributed by atoms with Crippen LogP contribution in [-0.4, -0.2) is 22.4 Å². The molecular weight excluding hydrogens is 362 g/mol. The van der Waals surface area contributed by atoms with Crippen LogP contribution >= 0.6 is 12.2 Å². The number of aromatic nitrogens is 2. The molecule has 0 spiro atoms. The van der Waals surface area contributed by atoms with Crippen LogP contribution in [0.3, 0.4) is 0 Å². The van der Waals surface area contributed by atoms with Gasteiger partial charge in [0.1, 0.15) is 17.4 Å². The van der Waals surface area contributed by atoms with Crippen molar-refractivity contribution in [2.45, 2.75) is 6.54 Å². The molecule has 0 aliphatic rings. The fraction of sp³-hybridized carbons (Fsp3) is 0.118. The summed E-state index contributed by atoms with van der Waals surface area (Å²) >= 11 is 5.07. The van der Waals surface area contributed by atoms with Crippen molar-refractivity contribution in [2.24, 2.45) is 0 Å². The zero-order valence-electron chi connectivity index (χ0n) is 13.6. The van der Waals surface area contributed by atoms with Crippen LogP contribution in [0, 0.1) is 11.6 Å². The van der Waals surface area contributed by atoms with E-state index in [0.717, 1.165) is 17.7 Å². The second kappa shape index (κ2) is 7.87. The van der Waals surface area contributed by atoms with Crippen LogP contribution in [0.2, 0.25) is 0 Å². The second-order valence-electron chi connectivity index (χ2n) is 5.18. The number of thiocarbonyl (C=S) groups is 1. The van der Waals surface area contributed by atoms with E-state index in [1.54, 1.807) is 13.2 Å². The van der Waals surface area contributed by atoms with E-state index in [0.29, 0.717) is 17.5 Å². The highest BCUT2D eigenvalue weighted by molar-refractivity contribution is 7.80. The molecule has 0 fully saturated rings. The van der Waals surface area contributed by atoms with Gasteiger partial charge in [0.15, 0.2) is 5.11 Å². The van der Waals surface area contributed by atoms with Gasteiger partial charge >= 0.3 is 0 Å². The lowest BCUT2D eigenvalue weighted by atomic mass is 10.2. The lowest BCUT2D eigenvalue weighted by Gasteiger charge is -2.09. The van der Waals surface area contributed by atoms with Crippen LogP contribution in [0.4, 0.5) is 14.5 Å². The minimum Gasteiger partial charge on any atom is -0.497 e. The standard InChI is InChI=1S/C17H14F2N4O2S/c1-24-12-4-2-3-10(7-12)16-22-15(25-23-16)9-20-17(26)21-14-6-5-11(18)8-13(14)19/h2-8H,9H2,1H3,(H2,20,21,26). The number of anilines is 1. The number of rotatable bonds is 5. The van der Waals surface area contributed by atoms with Gasteiger partial charge in [-0.05, 0) is 36.5 Å². The average molecular weight is 376 g/mol. The van der Waals surface area contributed by atoms with Crippen LogP contribution in [-0.2, 0) is 6.54 Å². The van der Waals surface area contributed by atoms with E-state index in [2.05, 4.69) is 20.8 Å². The molecule has 1 aromatic heterocycles. The van der Waals surface area contributed by atoms with Crippen molar-refractivity contribution >= 4 is 23.0 Å². The van der Waals surface area contributed by atoms with Crippen molar-refractivity contribution in [1.29, 1.82) is 0 Å². The Morgan fingerprint density at radius 2 is 2.08 bits per heavy atom. The van der Waals surface area contributed by atoms with Gasteiger partial charge in [0, 0.05) is 11.6 Å². The Hall–Kier alpha value is -3.07. The number of methoxy groups -OCH3 is 1. The van der Waals surface area contributed by atoms with Crippen molar-refractivity contribution in [3.8, 4) is 17.1 Å². The quantitative estimate of drug-likeness (QED) is 0.660. The summed E-state index contributed by atoms with van der Waals surface area (Å²) in [6.07, 6.45) is 0. The molecule has 6 nitrogen and oxygen atoms in total. The summed E-state index contributed by atoms with van der Waals surface area (Å²) in [5.74, 6) is -0.0236. The number of nitrogens with zero attached hydrogens (tertiary/aromatic N) is 2. The van der Waals surface area contributed by atoms with Crippen molar-refractivity contribution in [3.05, 3.63) is 60.0 Å².